The van der Waals surface area contributed by atoms with E-state index < -0.39 is 17.8 Å². The number of amides is 3. The summed E-state index contributed by atoms with van der Waals surface area (Å²) in [5.41, 5.74) is 2.35. The molecule has 3 N–H and O–H groups in total. The number of likely N-dealkylation sites (tertiary alicyclic amines) is 1. The molecule has 4 atom stereocenters. The van der Waals surface area contributed by atoms with Crippen molar-refractivity contribution in [2.24, 2.45) is 0 Å². The number of alkyl halides is 1. The number of rotatable bonds is 9. The maximum Gasteiger partial charge on any atom is 0.254 e. The number of morpholine rings is 1. The first-order chi connectivity index (χ1) is 22.1. The second-order valence-corrected chi connectivity index (χ2v) is 12.7. The van der Waals surface area contributed by atoms with E-state index in [0.29, 0.717) is 12.0 Å². The van der Waals surface area contributed by atoms with Crippen molar-refractivity contribution in [2.75, 3.05) is 53.0 Å². The molecule has 0 bridgehead atoms. The van der Waals surface area contributed by atoms with E-state index in [1.54, 1.807) is 30.9 Å². The first-order valence-corrected chi connectivity index (χ1v) is 15.9. The molecule has 5 rings (SSSR count). The molecule has 3 heterocycles. The van der Waals surface area contributed by atoms with Crippen molar-refractivity contribution in [3.8, 4) is 11.8 Å². The Hall–Kier alpha value is -3.82. The number of hydrogen-bond donors (Lipinski definition) is 3. The van der Waals surface area contributed by atoms with Crippen LogP contribution in [0.5, 0.6) is 0 Å². The van der Waals surface area contributed by atoms with E-state index in [1.165, 1.54) is 12.7 Å². The van der Waals surface area contributed by atoms with E-state index in [2.05, 4.69) is 44.8 Å². The molecule has 0 aromatic heterocycles. The minimum Gasteiger partial charge on any atom is -0.379 e. The number of halogens is 1. The van der Waals surface area contributed by atoms with Gasteiger partial charge in [-0.25, -0.2) is 4.39 Å². The van der Waals surface area contributed by atoms with Crippen LogP contribution in [0.2, 0.25) is 0 Å². The number of methoxy groups -OCH3 is 1. The normalized spacial score (nSPS) is 23.4. The number of carbonyl (C=O) groups excluding carboxylic acids is 3. The zero-order valence-electron chi connectivity index (χ0n) is 26.8. The third-order valence-corrected chi connectivity index (χ3v) is 8.90. The van der Waals surface area contributed by atoms with E-state index >= 15 is 0 Å². The van der Waals surface area contributed by atoms with Gasteiger partial charge in [-0.1, -0.05) is 24.0 Å². The molecule has 3 fully saturated rings. The fraction of sp³-hybridized carbons (Fsp3) is 0.514. The highest BCUT2D eigenvalue weighted by Crippen LogP contribution is 2.24. The summed E-state index contributed by atoms with van der Waals surface area (Å²) in [7, 11) is 1.47. The smallest absolute Gasteiger partial charge is 0.254 e. The molecule has 2 aromatic carbocycles. The quantitative estimate of drug-likeness (QED) is 0.362. The van der Waals surface area contributed by atoms with Gasteiger partial charge in [0.2, 0.25) is 5.91 Å². The average Bonchev–Trinajstić information content (AvgIpc) is 3.69. The van der Waals surface area contributed by atoms with Crippen molar-refractivity contribution in [1.82, 2.24) is 25.8 Å². The van der Waals surface area contributed by atoms with E-state index in [0.717, 1.165) is 44.0 Å². The Morgan fingerprint density at radius 2 is 1.67 bits per heavy atom. The second kappa shape index (κ2) is 15.2. The maximum atomic E-state index is 13.6. The molecule has 0 saturated carbocycles. The van der Waals surface area contributed by atoms with Gasteiger partial charge < -0.3 is 30.3 Å². The zero-order valence-corrected chi connectivity index (χ0v) is 26.8. The van der Waals surface area contributed by atoms with Crippen molar-refractivity contribution in [2.45, 2.75) is 63.1 Å². The summed E-state index contributed by atoms with van der Waals surface area (Å²) < 4.78 is 24.4. The van der Waals surface area contributed by atoms with Crippen LogP contribution in [0.1, 0.15) is 53.7 Å². The average molecular weight is 634 g/mol. The van der Waals surface area contributed by atoms with Crippen LogP contribution in [0.3, 0.4) is 0 Å². The number of nitrogens with zero attached hydrogens (tertiary/aromatic N) is 2. The molecule has 0 aliphatic carbocycles. The number of carbonyl (C=O) groups is 3. The fourth-order valence-electron chi connectivity index (χ4n) is 5.96. The summed E-state index contributed by atoms with van der Waals surface area (Å²) >= 11 is 0. The van der Waals surface area contributed by atoms with E-state index in [4.69, 9.17) is 9.47 Å². The zero-order chi connectivity index (χ0) is 32.7. The Labute approximate surface area is 270 Å². The monoisotopic (exact) mass is 633 g/mol. The van der Waals surface area contributed by atoms with E-state index in [1.807, 2.05) is 24.3 Å². The Balaban J connectivity index is 1.15. The fourth-order valence-corrected chi connectivity index (χ4v) is 5.96. The Morgan fingerprint density at radius 3 is 2.28 bits per heavy atom. The van der Waals surface area contributed by atoms with Crippen LogP contribution >= 0.6 is 0 Å². The number of hydrogen-bond acceptors (Lipinski definition) is 7. The molecule has 3 amide bonds. The number of benzene rings is 2. The van der Waals surface area contributed by atoms with Gasteiger partial charge in [-0.05, 0) is 62.2 Å². The lowest BCUT2D eigenvalue weighted by molar-refractivity contribution is -0.152. The van der Waals surface area contributed by atoms with Crippen LogP contribution in [-0.4, -0.2) is 110 Å². The Morgan fingerprint density at radius 1 is 1.02 bits per heavy atom. The lowest BCUT2D eigenvalue weighted by Crippen LogP contribution is -2.52. The molecule has 0 unspecified atom stereocenters. The van der Waals surface area contributed by atoms with Crippen molar-refractivity contribution >= 4 is 17.7 Å². The highest BCUT2D eigenvalue weighted by molar-refractivity contribution is 5.94. The van der Waals surface area contributed by atoms with Gasteiger partial charge in [-0.2, -0.15) is 0 Å². The lowest BCUT2D eigenvalue weighted by atomic mass is 10.1. The van der Waals surface area contributed by atoms with Gasteiger partial charge in [-0.3, -0.25) is 19.3 Å². The molecule has 3 saturated heterocycles. The van der Waals surface area contributed by atoms with Crippen LogP contribution in [0.4, 0.5) is 4.39 Å². The van der Waals surface area contributed by atoms with Crippen LogP contribution in [0.15, 0.2) is 48.5 Å². The molecule has 3 aliphatic heterocycles. The van der Waals surface area contributed by atoms with Gasteiger partial charge in [0.05, 0.1) is 25.3 Å². The predicted octanol–water partition coefficient (Wildman–Crippen LogP) is 1.86. The van der Waals surface area contributed by atoms with Crippen LogP contribution in [-0.2, 0) is 25.6 Å². The molecule has 11 heteroatoms. The Kier molecular flexibility index (Phi) is 11.1. The van der Waals surface area contributed by atoms with Crippen molar-refractivity contribution < 1.29 is 28.2 Å². The lowest BCUT2D eigenvalue weighted by Gasteiger charge is -2.32. The van der Waals surface area contributed by atoms with Crippen LogP contribution < -0.4 is 16.0 Å². The van der Waals surface area contributed by atoms with Crippen LogP contribution in [0, 0.1) is 11.8 Å². The van der Waals surface area contributed by atoms with E-state index in [9.17, 15) is 18.8 Å². The largest absolute Gasteiger partial charge is 0.379 e. The minimum atomic E-state index is -1.07. The van der Waals surface area contributed by atoms with Crippen molar-refractivity contribution in [3.63, 3.8) is 0 Å². The molecule has 0 spiro atoms. The van der Waals surface area contributed by atoms with Gasteiger partial charge in [0.25, 0.3) is 11.8 Å². The molecule has 2 aromatic rings. The second-order valence-electron chi connectivity index (χ2n) is 12.7. The standard InChI is InChI=1S/C35H44FN5O5/c1-35(2,45-3)34(44)41-23-29(39-33(43)31-18-28(36)20-37-31)19-30(41)21-38-32(42)27-12-10-25(11-13-27)5-4-24-6-8-26(9-7-24)22-40-14-16-46-17-15-40/h6-13,28-31,37H,14-23H2,1-3H3,(H,38,42)(H,39,43)/t28-,29+,30+,31-/m0/s1. The van der Waals surface area contributed by atoms with Gasteiger partial charge in [0.15, 0.2) is 0 Å². The molecular weight excluding hydrogens is 589 g/mol. The molecule has 246 valence electrons. The van der Waals surface area contributed by atoms with Crippen molar-refractivity contribution in [1.29, 1.82) is 0 Å². The first-order valence-electron chi connectivity index (χ1n) is 15.9. The summed E-state index contributed by atoms with van der Waals surface area (Å²) in [6.45, 7) is 8.36. The maximum absolute atomic E-state index is 13.6. The van der Waals surface area contributed by atoms with Crippen LogP contribution in [0.25, 0.3) is 0 Å². The minimum absolute atomic E-state index is 0.130. The third kappa shape index (κ3) is 8.70. The van der Waals surface area contributed by atoms with Crippen molar-refractivity contribution in [3.05, 3.63) is 70.8 Å². The van der Waals surface area contributed by atoms with Gasteiger partial charge in [0, 0.05) is 75.5 Å². The number of nitrogens with one attached hydrogen (secondary N) is 3. The van der Waals surface area contributed by atoms with Gasteiger partial charge >= 0.3 is 0 Å². The molecule has 3 aliphatic rings. The Bertz CT molecular complexity index is 1430. The predicted molar refractivity (Wildman–Crippen MR) is 172 cm³/mol. The van der Waals surface area contributed by atoms with E-state index in [-0.39, 0.29) is 55.9 Å². The summed E-state index contributed by atoms with van der Waals surface area (Å²) in [6, 6.07) is 14.1. The van der Waals surface area contributed by atoms with Gasteiger partial charge in [-0.15, -0.1) is 0 Å². The molecular formula is C35H44FN5O5. The molecule has 0 radical (unpaired) electrons. The summed E-state index contributed by atoms with van der Waals surface area (Å²) in [6.07, 6.45) is -0.469. The summed E-state index contributed by atoms with van der Waals surface area (Å²) in [5, 5.41) is 8.80. The summed E-state index contributed by atoms with van der Waals surface area (Å²) in [5.74, 6) is 5.56. The highest BCUT2D eigenvalue weighted by Gasteiger charge is 2.42. The SMILES string of the molecule is COC(C)(C)C(=O)N1C[C@H](NC(=O)[C@@H]2C[C@H](F)CN2)C[C@@H]1CNC(=O)c1ccc(C#Cc2ccc(CN3CCOCC3)cc2)cc1. The number of ether oxygens (including phenoxy) is 2. The third-order valence-electron chi connectivity index (χ3n) is 8.90. The summed E-state index contributed by atoms with van der Waals surface area (Å²) in [4.78, 5) is 43.2. The highest BCUT2D eigenvalue weighted by atomic mass is 19.1. The molecule has 46 heavy (non-hydrogen) atoms. The first kappa shape index (κ1) is 33.5. The molecule has 10 nitrogen and oxygen atoms in total. The topological polar surface area (TPSA) is 112 Å². The van der Waals surface area contributed by atoms with Gasteiger partial charge in [0.1, 0.15) is 11.8 Å².